The molecule has 0 atom stereocenters. The van der Waals surface area contributed by atoms with E-state index in [0.29, 0.717) is 4.90 Å². The van der Waals surface area contributed by atoms with Crippen LogP contribution < -0.4 is 0 Å². The van der Waals surface area contributed by atoms with Gasteiger partial charge in [-0.3, -0.25) is 0 Å². The summed E-state index contributed by atoms with van der Waals surface area (Å²) < 4.78 is 23.2. The van der Waals surface area contributed by atoms with Crippen LogP contribution in [0.4, 0.5) is 0 Å². The second-order valence-electron chi connectivity index (χ2n) is 6.13. The summed E-state index contributed by atoms with van der Waals surface area (Å²) in [5.41, 5.74) is 3.34. The molecule has 0 amide bonds. The van der Waals surface area contributed by atoms with Crippen LogP contribution in [-0.2, 0) is 15.3 Å². The maximum Gasteiger partial charge on any atom is 0.175 e. The summed E-state index contributed by atoms with van der Waals surface area (Å²) in [6, 6.07) is 15.4. The standard InChI is InChI=1S/C17H20O2S/c1-17(2,3)15-10-8-13(9-11-15)14-6-5-7-16(12-14)20(4,18)19/h5-12H,1-4H3. The van der Waals surface area contributed by atoms with E-state index in [2.05, 4.69) is 32.9 Å². The van der Waals surface area contributed by atoms with Crippen molar-refractivity contribution >= 4 is 9.84 Å². The first kappa shape index (κ1) is 14.8. The summed E-state index contributed by atoms with van der Waals surface area (Å²) in [6.07, 6.45) is 1.23. The molecule has 0 N–H and O–H groups in total. The van der Waals surface area contributed by atoms with Gasteiger partial charge >= 0.3 is 0 Å². The highest BCUT2D eigenvalue weighted by Gasteiger charge is 2.13. The minimum Gasteiger partial charge on any atom is -0.224 e. The molecule has 2 rings (SSSR count). The Bertz CT molecular complexity index is 705. The van der Waals surface area contributed by atoms with Crippen LogP contribution in [0.5, 0.6) is 0 Å². The van der Waals surface area contributed by atoms with Gasteiger partial charge in [-0.1, -0.05) is 57.2 Å². The first-order chi connectivity index (χ1) is 9.18. The van der Waals surface area contributed by atoms with E-state index in [1.807, 2.05) is 18.2 Å². The maximum atomic E-state index is 11.6. The average molecular weight is 288 g/mol. The van der Waals surface area contributed by atoms with Crippen LogP contribution in [0.3, 0.4) is 0 Å². The van der Waals surface area contributed by atoms with Gasteiger partial charge in [-0.2, -0.15) is 0 Å². The van der Waals surface area contributed by atoms with Crippen molar-refractivity contribution in [2.45, 2.75) is 31.1 Å². The molecule has 0 spiro atoms. The molecule has 0 heterocycles. The van der Waals surface area contributed by atoms with Gasteiger partial charge in [0.1, 0.15) is 0 Å². The van der Waals surface area contributed by atoms with Gasteiger partial charge in [0.25, 0.3) is 0 Å². The van der Waals surface area contributed by atoms with Gasteiger partial charge < -0.3 is 0 Å². The van der Waals surface area contributed by atoms with Crippen LogP contribution in [0.25, 0.3) is 11.1 Å². The molecule has 0 saturated heterocycles. The molecule has 0 fully saturated rings. The number of sulfone groups is 1. The van der Waals surface area contributed by atoms with Gasteiger partial charge in [-0.25, -0.2) is 8.42 Å². The van der Waals surface area contributed by atoms with E-state index in [1.54, 1.807) is 18.2 Å². The van der Waals surface area contributed by atoms with Crippen LogP contribution in [0, 0.1) is 0 Å². The maximum absolute atomic E-state index is 11.6. The first-order valence-electron chi connectivity index (χ1n) is 6.59. The highest BCUT2D eigenvalue weighted by atomic mass is 32.2. The summed E-state index contributed by atoms with van der Waals surface area (Å²) >= 11 is 0. The molecular formula is C17H20O2S. The summed E-state index contributed by atoms with van der Waals surface area (Å²) in [4.78, 5) is 0.356. The van der Waals surface area contributed by atoms with Gasteiger partial charge in [0.05, 0.1) is 4.90 Å². The molecule has 2 aromatic carbocycles. The lowest BCUT2D eigenvalue weighted by Gasteiger charge is -2.19. The van der Waals surface area contributed by atoms with Crippen molar-refractivity contribution in [1.82, 2.24) is 0 Å². The number of benzene rings is 2. The Kier molecular flexibility index (Phi) is 3.74. The van der Waals surface area contributed by atoms with Crippen molar-refractivity contribution in [1.29, 1.82) is 0 Å². The van der Waals surface area contributed by atoms with Crippen molar-refractivity contribution in [2.75, 3.05) is 6.26 Å². The Labute approximate surface area is 121 Å². The zero-order chi connectivity index (χ0) is 15.0. The van der Waals surface area contributed by atoms with Crippen LogP contribution in [-0.4, -0.2) is 14.7 Å². The van der Waals surface area contributed by atoms with E-state index >= 15 is 0 Å². The molecule has 3 heteroatoms. The van der Waals surface area contributed by atoms with E-state index in [1.165, 1.54) is 11.8 Å². The lowest BCUT2D eigenvalue weighted by atomic mass is 9.86. The Morgan fingerprint density at radius 2 is 1.45 bits per heavy atom. The SMILES string of the molecule is CC(C)(C)c1ccc(-c2cccc(S(C)(=O)=O)c2)cc1. The fourth-order valence-electron chi connectivity index (χ4n) is 2.07. The minimum atomic E-state index is -3.16. The Hall–Kier alpha value is -1.61. The predicted octanol–water partition coefficient (Wildman–Crippen LogP) is 4.05. The van der Waals surface area contributed by atoms with E-state index in [-0.39, 0.29) is 5.41 Å². The van der Waals surface area contributed by atoms with E-state index in [9.17, 15) is 8.42 Å². The highest BCUT2D eigenvalue weighted by Crippen LogP contribution is 2.27. The van der Waals surface area contributed by atoms with Crippen molar-refractivity contribution < 1.29 is 8.42 Å². The molecule has 0 saturated carbocycles. The Morgan fingerprint density at radius 3 is 1.95 bits per heavy atom. The molecule has 0 radical (unpaired) electrons. The fraction of sp³-hybridized carbons (Fsp3) is 0.294. The molecule has 106 valence electrons. The van der Waals surface area contributed by atoms with Crippen molar-refractivity contribution in [2.24, 2.45) is 0 Å². The average Bonchev–Trinajstić information content (AvgIpc) is 2.37. The van der Waals surface area contributed by atoms with Gasteiger partial charge in [0.2, 0.25) is 0 Å². The fourth-order valence-corrected chi connectivity index (χ4v) is 2.74. The normalized spacial score (nSPS) is 12.4. The molecule has 20 heavy (non-hydrogen) atoms. The topological polar surface area (TPSA) is 34.1 Å². The molecule has 2 aromatic rings. The van der Waals surface area contributed by atoms with E-state index in [0.717, 1.165) is 11.1 Å². The first-order valence-corrected chi connectivity index (χ1v) is 8.48. The molecule has 0 aromatic heterocycles. The second-order valence-corrected chi connectivity index (χ2v) is 8.14. The molecule has 0 aliphatic carbocycles. The summed E-state index contributed by atoms with van der Waals surface area (Å²) in [5, 5.41) is 0. The number of hydrogen-bond acceptors (Lipinski definition) is 2. The number of hydrogen-bond donors (Lipinski definition) is 0. The van der Waals surface area contributed by atoms with Crippen LogP contribution in [0.1, 0.15) is 26.3 Å². The monoisotopic (exact) mass is 288 g/mol. The van der Waals surface area contributed by atoms with Gasteiger partial charge in [-0.15, -0.1) is 0 Å². The zero-order valence-corrected chi connectivity index (χ0v) is 13.2. The van der Waals surface area contributed by atoms with Crippen molar-refractivity contribution in [3.05, 3.63) is 54.1 Å². The van der Waals surface area contributed by atoms with Crippen LogP contribution >= 0.6 is 0 Å². The lowest BCUT2D eigenvalue weighted by Crippen LogP contribution is -2.10. The van der Waals surface area contributed by atoms with Gasteiger partial charge in [0, 0.05) is 6.26 Å². The number of rotatable bonds is 2. The van der Waals surface area contributed by atoms with E-state index in [4.69, 9.17) is 0 Å². The lowest BCUT2D eigenvalue weighted by molar-refractivity contribution is 0.590. The predicted molar refractivity (Wildman–Crippen MR) is 83.7 cm³/mol. The largest absolute Gasteiger partial charge is 0.224 e. The quantitative estimate of drug-likeness (QED) is 0.835. The molecule has 0 bridgehead atoms. The second kappa shape index (κ2) is 5.06. The molecule has 2 nitrogen and oxygen atoms in total. The third kappa shape index (κ3) is 3.28. The molecule has 0 unspecified atom stereocenters. The van der Waals surface area contributed by atoms with Gasteiger partial charge in [-0.05, 0) is 34.2 Å². The summed E-state index contributed by atoms with van der Waals surface area (Å²) in [6.45, 7) is 6.52. The smallest absolute Gasteiger partial charge is 0.175 e. The van der Waals surface area contributed by atoms with Crippen molar-refractivity contribution in [3.63, 3.8) is 0 Å². The van der Waals surface area contributed by atoms with Gasteiger partial charge in [0.15, 0.2) is 9.84 Å². The molecule has 0 aliphatic rings. The van der Waals surface area contributed by atoms with Crippen LogP contribution in [0.2, 0.25) is 0 Å². The third-order valence-electron chi connectivity index (χ3n) is 3.35. The highest BCUT2D eigenvalue weighted by molar-refractivity contribution is 7.90. The van der Waals surface area contributed by atoms with E-state index < -0.39 is 9.84 Å². The Balaban J connectivity index is 2.43. The van der Waals surface area contributed by atoms with Crippen LogP contribution in [0.15, 0.2) is 53.4 Å². The molecule has 0 aliphatic heterocycles. The Morgan fingerprint density at radius 1 is 0.850 bits per heavy atom. The summed E-state index contributed by atoms with van der Waals surface area (Å²) in [5.74, 6) is 0. The minimum absolute atomic E-state index is 0.118. The van der Waals surface area contributed by atoms with Crippen molar-refractivity contribution in [3.8, 4) is 11.1 Å². The third-order valence-corrected chi connectivity index (χ3v) is 4.46. The summed E-state index contributed by atoms with van der Waals surface area (Å²) in [7, 11) is -3.16. The zero-order valence-electron chi connectivity index (χ0n) is 12.3. The molecular weight excluding hydrogens is 268 g/mol.